The van der Waals surface area contributed by atoms with Crippen LogP contribution in [0.2, 0.25) is 0 Å². The third-order valence-electron chi connectivity index (χ3n) is 3.34. The van der Waals surface area contributed by atoms with Gasteiger partial charge in [-0.25, -0.2) is 9.59 Å². The second-order valence-corrected chi connectivity index (χ2v) is 8.65. The quantitative estimate of drug-likeness (QED) is 0.648. The fourth-order valence-corrected chi connectivity index (χ4v) is 2.14. The summed E-state index contributed by atoms with van der Waals surface area (Å²) in [6, 6.07) is -0.277. The van der Waals surface area contributed by atoms with Gasteiger partial charge in [-0.1, -0.05) is 13.8 Å². The lowest BCUT2D eigenvalue weighted by Gasteiger charge is -2.27. The molecule has 0 fully saturated rings. The number of hydrogen-bond donors (Lipinski definition) is 3. The Kier molecular flexibility index (Phi) is 9.26. The van der Waals surface area contributed by atoms with Crippen molar-refractivity contribution >= 4 is 12.2 Å². The second-order valence-electron chi connectivity index (χ2n) is 8.65. The summed E-state index contributed by atoms with van der Waals surface area (Å²) in [6.45, 7) is 15.3. The van der Waals surface area contributed by atoms with E-state index in [4.69, 9.17) is 15.2 Å². The number of alkyl carbamates (subject to hydrolysis) is 2. The summed E-state index contributed by atoms with van der Waals surface area (Å²) in [7, 11) is 0. The van der Waals surface area contributed by atoms with Crippen LogP contribution < -0.4 is 16.4 Å². The molecule has 0 rings (SSSR count). The van der Waals surface area contributed by atoms with Gasteiger partial charge in [-0.05, 0) is 60.3 Å². The van der Waals surface area contributed by atoms with E-state index in [1.54, 1.807) is 0 Å². The number of carbonyl (C=O) groups is 2. The Morgan fingerprint density at radius 1 is 0.880 bits per heavy atom. The predicted octanol–water partition coefficient (Wildman–Crippen LogP) is 3.17. The molecule has 148 valence electrons. The van der Waals surface area contributed by atoms with Gasteiger partial charge in [0.25, 0.3) is 0 Å². The maximum absolute atomic E-state index is 12.0. The van der Waals surface area contributed by atoms with Gasteiger partial charge in [-0.3, -0.25) is 0 Å². The van der Waals surface area contributed by atoms with Crippen LogP contribution in [0.25, 0.3) is 0 Å². The van der Waals surface area contributed by atoms with Crippen LogP contribution in [0.5, 0.6) is 0 Å². The molecule has 2 unspecified atom stereocenters. The van der Waals surface area contributed by atoms with Crippen molar-refractivity contribution in [3.8, 4) is 0 Å². The van der Waals surface area contributed by atoms with Crippen LogP contribution >= 0.6 is 0 Å². The molecule has 4 N–H and O–H groups in total. The van der Waals surface area contributed by atoms with Crippen molar-refractivity contribution in [3.05, 3.63) is 0 Å². The largest absolute Gasteiger partial charge is 0.444 e. The average Bonchev–Trinajstić information content (AvgIpc) is 2.37. The van der Waals surface area contributed by atoms with Crippen molar-refractivity contribution in [1.82, 2.24) is 10.6 Å². The van der Waals surface area contributed by atoms with E-state index in [-0.39, 0.29) is 18.0 Å². The highest BCUT2D eigenvalue weighted by atomic mass is 16.6. The molecule has 2 amide bonds. The summed E-state index contributed by atoms with van der Waals surface area (Å²) in [4.78, 5) is 23.8. The Balaban J connectivity index is 4.56. The highest BCUT2D eigenvalue weighted by molar-refractivity contribution is 5.68. The molecular weight excluding hydrogens is 322 g/mol. The molecule has 7 heteroatoms. The van der Waals surface area contributed by atoms with Gasteiger partial charge in [0, 0.05) is 18.6 Å². The molecule has 0 aromatic rings. The minimum atomic E-state index is -0.554. The van der Waals surface area contributed by atoms with E-state index in [2.05, 4.69) is 10.6 Å². The molecule has 2 atom stereocenters. The Morgan fingerprint density at radius 2 is 1.32 bits per heavy atom. The van der Waals surface area contributed by atoms with Gasteiger partial charge in [-0.2, -0.15) is 0 Å². The Labute approximate surface area is 152 Å². The minimum absolute atomic E-state index is 0.0654. The van der Waals surface area contributed by atoms with E-state index < -0.39 is 23.4 Å². The van der Waals surface area contributed by atoms with E-state index in [1.165, 1.54) is 0 Å². The molecule has 0 bridgehead atoms. The van der Waals surface area contributed by atoms with Crippen LogP contribution in [0.4, 0.5) is 9.59 Å². The minimum Gasteiger partial charge on any atom is -0.444 e. The zero-order valence-electron chi connectivity index (χ0n) is 17.1. The Morgan fingerprint density at radius 3 is 1.68 bits per heavy atom. The van der Waals surface area contributed by atoms with Crippen LogP contribution in [0.1, 0.15) is 68.2 Å². The van der Waals surface area contributed by atoms with Gasteiger partial charge < -0.3 is 25.8 Å². The monoisotopic (exact) mass is 359 g/mol. The molecule has 0 saturated carbocycles. The van der Waals surface area contributed by atoms with E-state index in [9.17, 15) is 9.59 Å². The molecule has 0 spiro atoms. The third kappa shape index (κ3) is 12.5. The number of nitrogens with two attached hydrogens (primary N) is 1. The van der Waals surface area contributed by atoms with Crippen molar-refractivity contribution in [1.29, 1.82) is 0 Å². The number of amides is 2. The lowest BCUT2D eigenvalue weighted by molar-refractivity contribution is 0.0465. The smallest absolute Gasteiger partial charge is 0.407 e. The van der Waals surface area contributed by atoms with Gasteiger partial charge in [0.1, 0.15) is 11.2 Å². The van der Waals surface area contributed by atoms with Gasteiger partial charge in [0.2, 0.25) is 0 Å². The number of carbonyl (C=O) groups excluding carboxylic acids is 2. The fourth-order valence-electron chi connectivity index (χ4n) is 2.14. The molecule has 7 nitrogen and oxygen atoms in total. The highest BCUT2D eigenvalue weighted by Gasteiger charge is 2.23. The molecule has 0 aromatic heterocycles. The number of hydrogen-bond acceptors (Lipinski definition) is 5. The first-order valence-electron chi connectivity index (χ1n) is 8.92. The van der Waals surface area contributed by atoms with E-state index >= 15 is 0 Å². The first-order chi connectivity index (χ1) is 11.2. The number of rotatable bonds is 7. The summed E-state index contributed by atoms with van der Waals surface area (Å²) in [5, 5.41) is 5.68. The maximum Gasteiger partial charge on any atom is 0.407 e. The van der Waals surface area contributed by atoms with Crippen LogP contribution in [0.15, 0.2) is 0 Å². The zero-order valence-corrected chi connectivity index (χ0v) is 17.1. The zero-order chi connectivity index (χ0) is 19.8. The Hall–Kier alpha value is -1.50. The molecule has 0 saturated heterocycles. The molecule has 0 radical (unpaired) electrons. The standard InChI is InChI=1S/C18H37N3O4/c1-12(2)14(21-16(23)25-18(6,7)8)10-9-13(11-19)20-15(22)24-17(3,4)5/h12-14H,9-11,19H2,1-8H3,(H,20,22)(H,21,23). The van der Waals surface area contributed by atoms with Crippen LogP contribution in [0.3, 0.4) is 0 Å². The normalized spacial score (nSPS) is 14.6. The van der Waals surface area contributed by atoms with Crippen molar-refractivity contribution in [2.45, 2.75) is 91.5 Å². The SMILES string of the molecule is CC(C)C(CCC(CN)NC(=O)OC(C)(C)C)NC(=O)OC(C)(C)C. The molecule has 25 heavy (non-hydrogen) atoms. The molecule has 0 aliphatic heterocycles. The van der Waals surface area contributed by atoms with E-state index in [0.29, 0.717) is 19.4 Å². The lowest BCUT2D eigenvalue weighted by Crippen LogP contribution is -2.45. The first kappa shape index (κ1) is 23.5. The summed E-state index contributed by atoms with van der Waals surface area (Å²) < 4.78 is 10.6. The Bertz CT molecular complexity index is 425. The highest BCUT2D eigenvalue weighted by Crippen LogP contribution is 2.13. The predicted molar refractivity (Wildman–Crippen MR) is 99.4 cm³/mol. The topological polar surface area (TPSA) is 103 Å². The first-order valence-corrected chi connectivity index (χ1v) is 8.92. The lowest BCUT2D eigenvalue weighted by atomic mass is 9.97. The molecule has 0 aliphatic rings. The summed E-state index contributed by atoms with van der Waals surface area (Å²) >= 11 is 0. The maximum atomic E-state index is 12.0. The molecule has 0 aromatic carbocycles. The average molecular weight is 360 g/mol. The van der Waals surface area contributed by atoms with Gasteiger partial charge >= 0.3 is 12.2 Å². The number of nitrogens with one attached hydrogen (secondary N) is 2. The summed E-state index contributed by atoms with van der Waals surface area (Å²) in [6.07, 6.45) is 0.392. The van der Waals surface area contributed by atoms with E-state index in [0.717, 1.165) is 0 Å². The summed E-state index contributed by atoms with van der Waals surface area (Å²) in [5.74, 6) is 0.229. The van der Waals surface area contributed by atoms with Gasteiger partial charge in [0.15, 0.2) is 0 Å². The molecule has 0 heterocycles. The van der Waals surface area contributed by atoms with Crippen molar-refractivity contribution < 1.29 is 19.1 Å². The molecular formula is C18H37N3O4. The van der Waals surface area contributed by atoms with Gasteiger partial charge in [0.05, 0.1) is 0 Å². The van der Waals surface area contributed by atoms with Crippen LogP contribution in [-0.2, 0) is 9.47 Å². The van der Waals surface area contributed by atoms with Crippen molar-refractivity contribution in [2.75, 3.05) is 6.54 Å². The molecule has 0 aliphatic carbocycles. The fraction of sp³-hybridized carbons (Fsp3) is 0.889. The third-order valence-corrected chi connectivity index (χ3v) is 3.34. The second kappa shape index (κ2) is 9.85. The number of ether oxygens (including phenoxy) is 2. The summed E-state index contributed by atoms with van der Waals surface area (Å²) in [5.41, 5.74) is 4.66. The van der Waals surface area contributed by atoms with E-state index in [1.807, 2.05) is 55.4 Å². The van der Waals surface area contributed by atoms with Crippen molar-refractivity contribution in [3.63, 3.8) is 0 Å². The van der Waals surface area contributed by atoms with Crippen LogP contribution in [0, 0.1) is 5.92 Å². The van der Waals surface area contributed by atoms with Crippen molar-refractivity contribution in [2.24, 2.45) is 11.7 Å². The van der Waals surface area contributed by atoms with Crippen LogP contribution in [-0.4, -0.2) is 42.0 Å². The van der Waals surface area contributed by atoms with Gasteiger partial charge in [-0.15, -0.1) is 0 Å².